The summed E-state index contributed by atoms with van der Waals surface area (Å²) in [5, 5.41) is 5.47. The number of ether oxygens (including phenoxy) is 3. The highest BCUT2D eigenvalue weighted by atomic mass is 35.5. The zero-order valence-corrected chi connectivity index (χ0v) is 15.1. The summed E-state index contributed by atoms with van der Waals surface area (Å²) < 4.78 is 17.8. The molecule has 0 unspecified atom stereocenters. The van der Waals surface area contributed by atoms with Crippen molar-refractivity contribution in [3.8, 4) is 17.2 Å². The Morgan fingerprint density at radius 3 is 2.28 bits per heavy atom. The lowest BCUT2D eigenvalue weighted by molar-refractivity contribution is 0.323. The molecule has 2 aromatic heterocycles. The van der Waals surface area contributed by atoms with Crippen molar-refractivity contribution in [1.82, 2.24) is 19.7 Å². The fourth-order valence-electron chi connectivity index (χ4n) is 2.72. The van der Waals surface area contributed by atoms with Crippen molar-refractivity contribution in [2.75, 3.05) is 27.1 Å². The normalized spacial score (nSPS) is 10.9. The molecule has 0 radical (unpaired) electrons. The molecule has 8 nitrogen and oxygen atoms in total. The maximum Gasteiger partial charge on any atom is 0.223 e. The van der Waals surface area contributed by atoms with Crippen LogP contribution in [0.15, 0.2) is 12.1 Å². The minimum absolute atomic E-state index is 0.101. The Bertz CT molecular complexity index is 916. The third-order valence-electron chi connectivity index (χ3n) is 3.80. The van der Waals surface area contributed by atoms with Crippen LogP contribution in [0.4, 0.5) is 5.95 Å². The van der Waals surface area contributed by atoms with Gasteiger partial charge in [-0.3, -0.25) is 0 Å². The van der Waals surface area contributed by atoms with Crippen LogP contribution in [-0.4, -0.2) is 41.1 Å². The van der Waals surface area contributed by atoms with Crippen molar-refractivity contribution in [2.45, 2.75) is 13.5 Å². The summed E-state index contributed by atoms with van der Waals surface area (Å²) in [5.74, 6) is 1.77. The average molecular weight is 364 g/mol. The minimum atomic E-state index is 0.101. The first-order valence-corrected chi connectivity index (χ1v) is 7.81. The van der Waals surface area contributed by atoms with E-state index in [-0.39, 0.29) is 11.1 Å². The third kappa shape index (κ3) is 3.00. The number of nitrogens with zero attached hydrogens (tertiary/aromatic N) is 4. The highest BCUT2D eigenvalue weighted by Gasteiger charge is 2.17. The molecule has 0 amide bonds. The van der Waals surface area contributed by atoms with Crippen LogP contribution in [0.25, 0.3) is 11.0 Å². The van der Waals surface area contributed by atoms with Gasteiger partial charge in [-0.1, -0.05) is 11.6 Å². The molecule has 1 aromatic carbocycles. The summed E-state index contributed by atoms with van der Waals surface area (Å²) in [4.78, 5) is 8.25. The molecular weight excluding hydrogens is 346 g/mol. The van der Waals surface area contributed by atoms with Gasteiger partial charge in [-0.25, -0.2) is 9.67 Å². The van der Waals surface area contributed by atoms with Crippen LogP contribution in [-0.2, 0) is 6.54 Å². The van der Waals surface area contributed by atoms with Gasteiger partial charge in [-0.05, 0) is 24.6 Å². The molecular formula is C16H18ClN5O3. The lowest BCUT2D eigenvalue weighted by Crippen LogP contribution is -2.06. The van der Waals surface area contributed by atoms with Crippen molar-refractivity contribution in [3.05, 3.63) is 28.5 Å². The van der Waals surface area contributed by atoms with Crippen LogP contribution in [0.5, 0.6) is 17.2 Å². The second-order valence-corrected chi connectivity index (χ2v) is 5.71. The molecule has 0 spiro atoms. The van der Waals surface area contributed by atoms with Gasteiger partial charge in [0.2, 0.25) is 11.7 Å². The fourth-order valence-corrected chi connectivity index (χ4v) is 3.03. The Hall–Kier alpha value is -2.74. The van der Waals surface area contributed by atoms with E-state index in [1.54, 1.807) is 26.0 Å². The van der Waals surface area contributed by atoms with Gasteiger partial charge in [0, 0.05) is 0 Å². The second-order valence-electron chi connectivity index (χ2n) is 5.35. The Kier molecular flexibility index (Phi) is 4.54. The van der Waals surface area contributed by atoms with E-state index in [0.29, 0.717) is 34.8 Å². The molecule has 0 saturated heterocycles. The van der Waals surface area contributed by atoms with E-state index < -0.39 is 0 Å². The average Bonchev–Trinajstić information content (AvgIpc) is 2.89. The molecule has 2 N–H and O–H groups in total. The van der Waals surface area contributed by atoms with Gasteiger partial charge >= 0.3 is 0 Å². The largest absolute Gasteiger partial charge is 0.493 e. The minimum Gasteiger partial charge on any atom is -0.493 e. The predicted octanol–water partition coefficient (Wildman–Crippen LogP) is 2.44. The molecule has 0 saturated carbocycles. The molecule has 0 aliphatic rings. The van der Waals surface area contributed by atoms with Crippen molar-refractivity contribution in [1.29, 1.82) is 0 Å². The van der Waals surface area contributed by atoms with Crippen LogP contribution < -0.4 is 19.9 Å². The number of hydrogen-bond acceptors (Lipinski definition) is 7. The molecule has 0 bridgehead atoms. The standard InChI is InChI=1S/C16H18ClN5O3/c1-8-12-14(17)19-16(18)20-15(12)22(21-8)7-9-5-10(23-2)13(25-4)11(6-9)24-3/h5-6H,7H2,1-4H3,(H2,18,19,20). The van der Waals surface area contributed by atoms with E-state index in [1.165, 1.54) is 0 Å². The Morgan fingerprint density at radius 1 is 1.08 bits per heavy atom. The van der Waals surface area contributed by atoms with Gasteiger partial charge in [0.1, 0.15) is 5.15 Å². The van der Waals surface area contributed by atoms with Gasteiger partial charge in [0.15, 0.2) is 17.1 Å². The van der Waals surface area contributed by atoms with Gasteiger partial charge in [-0.2, -0.15) is 10.1 Å². The fraction of sp³-hybridized carbons (Fsp3) is 0.312. The highest BCUT2D eigenvalue weighted by Crippen LogP contribution is 2.38. The van der Waals surface area contributed by atoms with Crippen molar-refractivity contribution in [2.24, 2.45) is 0 Å². The first-order valence-electron chi connectivity index (χ1n) is 7.43. The number of halogens is 1. The summed E-state index contributed by atoms with van der Waals surface area (Å²) in [6.45, 7) is 2.27. The monoisotopic (exact) mass is 363 g/mol. The SMILES string of the molecule is COc1cc(Cn2nc(C)c3c(Cl)nc(N)nc32)cc(OC)c1OC. The molecule has 0 fully saturated rings. The molecule has 132 valence electrons. The summed E-state index contributed by atoms with van der Waals surface area (Å²) >= 11 is 6.18. The second kappa shape index (κ2) is 6.64. The lowest BCUT2D eigenvalue weighted by atomic mass is 10.2. The number of hydrogen-bond donors (Lipinski definition) is 1. The van der Waals surface area contributed by atoms with E-state index in [2.05, 4.69) is 15.1 Å². The van der Waals surface area contributed by atoms with Crippen LogP contribution in [0.2, 0.25) is 5.15 Å². The summed E-state index contributed by atoms with van der Waals surface area (Å²) in [7, 11) is 4.70. The van der Waals surface area contributed by atoms with Crippen LogP contribution >= 0.6 is 11.6 Å². The number of nitrogen functional groups attached to an aromatic ring is 1. The maximum atomic E-state index is 6.18. The Labute approximate surface area is 149 Å². The van der Waals surface area contributed by atoms with Crippen molar-refractivity contribution in [3.63, 3.8) is 0 Å². The highest BCUT2D eigenvalue weighted by molar-refractivity contribution is 6.34. The van der Waals surface area contributed by atoms with Crippen LogP contribution in [0.1, 0.15) is 11.3 Å². The van der Waals surface area contributed by atoms with E-state index >= 15 is 0 Å². The Balaban J connectivity index is 2.10. The quantitative estimate of drug-likeness (QED) is 0.695. The summed E-state index contributed by atoms with van der Waals surface area (Å²) in [6.07, 6.45) is 0. The zero-order valence-electron chi connectivity index (χ0n) is 14.3. The first kappa shape index (κ1) is 17.1. The maximum absolute atomic E-state index is 6.18. The van der Waals surface area contributed by atoms with E-state index in [1.807, 2.05) is 19.1 Å². The number of methoxy groups -OCH3 is 3. The molecule has 3 rings (SSSR count). The molecule has 3 aromatic rings. The number of aryl methyl sites for hydroxylation is 1. The van der Waals surface area contributed by atoms with Gasteiger partial charge < -0.3 is 19.9 Å². The smallest absolute Gasteiger partial charge is 0.223 e. The molecule has 0 aliphatic heterocycles. The number of benzene rings is 1. The van der Waals surface area contributed by atoms with Gasteiger partial charge in [0.25, 0.3) is 0 Å². The predicted molar refractivity (Wildman–Crippen MR) is 94.7 cm³/mol. The van der Waals surface area contributed by atoms with E-state index in [9.17, 15) is 0 Å². The van der Waals surface area contributed by atoms with Gasteiger partial charge in [-0.15, -0.1) is 0 Å². The first-order chi connectivity index (χ1) is 12.0. The van der Waals surface area contributed by atoms with Gasteiger partial charge in [0.05, 0.1) is 39.0 Å². The lowest BCUT2D eigenvalue weighted by Gasteiger charge is -2.14. The summed E-state index contributed by atoms with van der Waals surface area (Å²) in [5.41, 5.74) is 7.92. The molecule has 9 heteroatoms. The molecule has 0 aliphatic carbocycles. The number of anilines is 1. The number of aromatic nitrogens is 4. The molecule has 0 atom stereocenters. The number of rotatable bonds is 5. The van der Waals surface area contributed by atoms with Crippen LogP contribution in [0, 0.1) is 6.92 Å². The van der Waals surface area contributed by atoms with E-state index in [4.69, 9.17) is 31.5 Å². The van der Waals surface area contributed by atoms with Crippen LogP contribution in [0.3, 0.4) is 0 Å². The van der Waals surface area contributed by atoms with E-state index in [0.717, 1.165) is 11.3 Å². The molecule has 25 heavy (non-hydrogen) atoms. The third-order valence-corrected chi connectivity index (χ3v) is 4.07. The molecule has 2 heterocycles. The number of nitrogens with two attached hydrogens (primary N) is 1. The zero-order chi connectivity index (χ0) is 18.1. The number of fused-ring (bicyclic) bond motifs is 1. The summed E-state index contributed by atoms with van der Waals surface area (Å²) in [6, 6.07) is 3.71. The topological polar surface area (TPSA) is 97.3 Å². The Morgan fingerprint density at radius 2 is 1.72 bits per heavy atom. The van der Waals surface area contributed by atoms with Crippen molar-refractivity contribution >= 4 is 28.6 Å². The van der Waals surface area contributed by atoms with Crippen molar-refractivity contribution < 1.29 is 14.2 Å².